The van der Waals surface area contributed by atoms with E-state index < -0.39 is 0 Å². The third-order valence-corrected chi connectivity index (χ3v) is 2.53. The van der Waals surface area contributed by atoms with Crippen molar-refractivity contribution < 1.29 is 10.2 Å². The molecule has 0 aliphatic heterocycles. The highest BCUT2D eigenvalue weighted by Gasteiger charge is 2.18. The van der Waals surface area contributed by atoms with Crippen LogP contribution >= 0.6 is 0 Å². The molecule has 2 nitrogen and oxygen atoms in total. The number of aliphatic hydroxyl groups is 2. The lowest BCUT2D eigenvalue weighted by Crippen LogP contribution is -2.21. The summed E-state index contributed by atoms with van der Waals surface area (Å²) in [5.74, 6) is 1.34. The van der Waals surface area contributed by atoms with E-state index in [1.165, 1.54) is 0 Å². The van der Waals surface area contributed by atoms with E-state index in [-0.39, 0.29) is 19.1 Å². The molecule has 0 amide bonds. The molecule has 2 unspecified atom stereocenters. The monoisotopic (exact) mass is 160 g/mol. The molecule has 0 aromatic rings. The van der Waals surface area contributed by atoms with Crippen LogP contribution in [0.3, 0.4) is 0 Å². The maximum Gasteiger partial charge on any atom is 0.0462 e. The van der Waals surface area contributed by atoms with Crippen LogP contribution in [-0.2, 0) is 0 Å². The van der Waals surface area contributed by atoms with Crippen molar-refractivity contribution in [2.75, 3.05) is 13.2 Å². The third-order valence-electron chi connectivity index (χ3n) is 2.53. The molecule has 0 aliphatic rings. The number of hydrogen-bond acceptors (Lipinski definition) is 2. The zero-order valence-electron chi connectivity index (χ0n) is 7.75. The van der Waals surface area contributed by atoms with Gasteiger partial charge in [0, 0.05) is 13.2 Å². The summed E-state index contributed by atoms with van der Waals surface area (Å²) < 4.78 is 0. The Morgan fingerprint density at radius 2 is 1.64 bits per heavy atom. The molecule has 0 saturated carbocycles. The number of hydrogen-bond donors (Lipinski definition) is 2. The number of aliphatic hydroxyl groups excluding tert-OH is 2. The summed E-state index contributed by atoms with van der Waals surface area (Å²) in [6.07, 6.45) is 0.718. The molecule has 0 fully saturated rings. The summed E-state index contributed by atoms with van der Waals surface area (Å²) in [6, 6.07) is 0. The van der Waals surface area contributed by atoms with Crippen LogP contribution in [0.25, 0.3) is 0 Å². The predicted molar refractivity (Wildman–Crippen MR) is 46.3 cm³/mol. The first-order chi connectivity index (χ1) is 5.13. The molecule has 0 rings (SSSR count). The van der Waals surface area contributed by atoms with Crippen LogP contribution < -0.4 is 0 Å². The highest BCUT2D eigenvalue weighted by Crippen LogP contribution is 2.22. The van der Waals surface area contributed by atoms with Crippen molar-refractivity contribution in [2.45, 2.75) is 27.2 Å². The summed E-state index contributed by atoms with van der Waals surface area (Å²) in [5, 5.41) is 17.7. The second-order valence-corrected chi connectivity index (χ2v) is 3.56. The van der Waals surface area contributed by atoms with E-state index in [0.717, 1.165) is 6.42 Å². The van der Waals surface area contributed by atoms with Gasteiger partial charge < -0.3 is 10.2 Å². The molecule has 0 aromatic heterocycles. The summed E-state index contributed by atoms with van der Waals surface area (Å²) in [6.45, 7) is 6.79. The molecule has 2 N–H and O–H groups in total. The molecule has 0 radical (unpaired) electrons. The Bertz CT molecular complexity index is 91.6. The van der Waals surface area contributed by atoms with Gasteiger partial charge in [0.25, 0.3) is 0 Å². The largest absolute Gasteiger partial charge is 0.396 e. The van der Waals surface area contributed by atoms with Gasteiger partial charge in [0.05, 0.1) is 0 Å². The Labute approximate surface area is 69.2 Å². The van der Waals surface area contributed by atoms with Crippen LogP contribution in [0.1, 0.15) is 27.2 Å². The fraction of sp³-hybridized carbons (Fsp3) is 1.00. The molecule has 68 valence electrons. The minimum absolute atomic E-state index is 0.183. The SMILES string of the molecule is CC(C)C(C)C(CO)CCO. The first kappa shape index (κ1) is 10.9. The van der Waals surface area contributed by atoms with Crippen LogP contribution in [0.2, 0.25) is 0 Å². The average molecular weight is 160 g/mol. The highest BCUT2D eigenvalue weighted by molar-refractivity contribution is 4.67. The van der Waals surface area contributed by atoms with Gasteiger partial charge in [0.2, 0.25) is 0 Å². The van der Waals surface area contributed by atoms with E-state index in [1.807, 2.05) is 0 Å². The predicted octanol–water partition coefficient (Wildman–Crippen LogP) is 1.27. The average Bonchev–Trinajstić information content (AvgIpc) is 1.98. The Hall–Kier alpha value is -0.0800. The van der Waals surface area contributed by atoms with Gasteiger partial charge >= 0.3 is 0 Å². The van der Waals surface area contributed by atoms with E-state index in [2.05, 4.69) is 20.8 Å². The molecule has 11 heavy (non-hydrogen) atoms. The summed E-state index contributed by atoms with van der Waals surface area (Å²) >= 11 is 0. The van der Waals surface area contributed by atoms with Gasteiger partial charge in [0.1, 0.15) is 0 Å². The molecule has 2 atom stereocenters. The summed E-state index contributed by atoms with van der Waals surface area (Å²) in [5.41, 5.74) is 0. The van der Waals surface area contributed by atoms with Crippen molar-refractivity contribution in [3.63, 3.8) is 0 Å². The van der Waals surface area contributed by atoms with Crippen LogP contribution in [0.15, 0.2) is 0 Å². The molecular weight excluding hydrogens is 140 g/mol. The molecule has 0 aromatic carbocycles. The molecule has 0 heterocycles. The van der Waals surface area contributed by atoms with Crippen molar-refractivity contribution >= 4 is 0 Å². The van der Waals surface area contributed by atoms with Crippen molar-refractivity contribution in [1.82, 2.24) is 0 Å². The summed E-state index contributed by atoms with van der Waals surface area (Å²) in [4.78, 5) is 0. The number of rotatable bonds is 5. The van der Waals surface area contributed by atoms with Gasteiger partial charge in [-0.3, -0.25) is 0 Å². The molecule has 0 bridgehead atoms. The van der Waals surface area contributed by atoms with Crippen molar-refractivity contribution in [2.24, 2.45) is 17.8 Å². The third kappa shape index (κ3) is 3.73. The van der Waals surface area contributed by atoms with Crippen LogP contribution in [0.4, 0.5) is 0 Å². The van der Waals surface area contributed by atoms with E-state index in [1.54, 1.807) is 0 Å². The molecule has 0 saturated heterocycles. The topological polar surface area (TPSA) is 40.5 Å². The van der Waals surface area contributed by atoms with Crippen molar-refractivity contribution in [3.05, 3.63) is 0 Å². The standard InChI is InChI=1S/C9H20O2/c1-7(2)8(3)9(6-11)4-5-10/h7-11H,4-6H2,1-3H3. The molecule has 2 heteroatoms. The van der Waals surface area contributed by atoms with Gasteiger partial charge in [-0.15, -0.1) is 0 Å². The molecule has 0 aliphatic carbocycles. The maximum absolute atomic E-state index is 8.97. The lowest BCUT2D eigenvalue weighted by Gasteiger charge is -2.24. The van der Waals surface area contributed by atoms with Gasteiger partial charge in [-0.25, -0.2) is 0 Å². The Kier molecular flexibility index (Phi) is 5.51. The molecule has 0 spiro atoms. The van der Waals surface area contributed by atoms with Gasteiger partial charge in [-0.05, 0) is 24.2 Å². The van der Waals surface area contributed by atoms with Crippen molar-refractivity contribution in [3.8, 4) is 0 Å². The zero-order chi connectivity index (χ0) is 8.85. The van der Waals surface area contributed by atoms with E-state index in [9.17, 15) is 0 Å². The molecular formula is C9H20O2. The van der Waals surface area contributed by atoms with E-state index in [0.29, 0.717) is 11.8 Å². The van der Waals surface area contributed by atoms with Gasteiger partial charge in [-0.2, -0.15) is 0 Å². The van der Waals surface area contributed by atoms with E-state index >= 15 is 0 Å². The fourth-order valence-corrected chi connectivity index (χ4v) is 1.23. The minimum atomic E-state index is 0.183. The normalized spacial score (nSPS) is 16.9. The summed E-state index contributed by atoms with van der Waals surface area (Å²) in [7, 11) is 0. The Morgan fingerprint density at radius 1 is 1.09 bits per heavy atom. The highest BCUT2D eigenvalue weighted by atomic mass is 16.3. The minimum Gasteiger partial charge on any atom is -0.396 e. The lowest BCUT2D eigenvalue weighted by molar-refractivity contribution is 0.125. The Balaban J connectivity index is 3.81. The second kappa shape index (κ2) is 5.56. The van der Waals surface area contributed by atoms with Crippen molar-refractivity contribution in [1.29, 1.82) is 0 Å². The van der Waals surface area contributed by atoms with Crippen LogP contribution in [0.5, 0.6) is 0 Å². The van der Waals surface area contributed by atoms with E-state index in [4.69, 9.17) is 10.2 Å². The van der Waals surface area contributed by atoms with Crippen LogP contribution in [-0.4, -0.2) is 23.4 Å². The van der Waals surface area contributed by atoms with Gasteiger partial charge in [0.15, 0.2) is 0 Å². The fourth-order valence-electron chi connectivity index (χ4n) is 1.23. The second-order valence-electron chi connectivity index (χ2n) is 3.56. The first-order valence-corrected chi connectivity index (χ1v) is 4.35. The Morgan fingerprint density at radius 3 is 1.91 bits per heavy atom. The lowest BCUT2D eigenvalue weighted by atomic mass is 9.84. The maximum atomic E-state index is 8.97. The van der Waals surface area contributed by atoms with Gasteiger partial charge in [-0.1, -0.05) is 20.8 Å². The zero-order valence-corrected chi connectivity index (χ0v) is 7.75. The smallest absolute Gasteiger partial charge is 0.0462 e. The quantitative estimate of drug-likeness (QED) is 0.636. The first-order valence-electron chi connectivity index (χ1n) is 4.35. The van der Waals surface area contributed by atoms with Crippen LogP contribution in [0, 0.1) is 17.8 Å².